The van der Waals surface area contributed by atoms with Gasteiger partial charge in [0.2, 0.25) is 5.91 Å². The second-order valence-corrected chi connectivity index (χ2v) is 18.4. The van der Waals surface area contributed by atoms with Gasteiger partial charge >= 0.3 is 12.1 Å². The van der Waals surface area contributed by atoms with Crippen LogP contribution in [0.4, 0.5) is 9.59 Å². The standard InChI is InChI=1S/C30H48N4O7Si/c1-29(2,3)40-27(37)32-18-24(41-42(7,8)30(4,5)6)16-23(35)17-31-26(36)25-15-14-22-19-33(25)28(38)34(22)39-20-21-12-10-9-11-13-21/h9-13,22,24-25H,14-20H2,1-8H3,(H,31,36)(H,32,37)/t22-,24?,25+/m1/s1. The summed E-state index contributed by atoms with van der Waals surface area (Å²) in [5.41, 5.74) is 0.299. The average molecular weight is 605 g/mol. The van der Waals surface area contributed by atoms with Crippen molar-refractivity contribution in [2.24, 2.45) is 0 Å². The number of hydrogen-bond acceptors (Lipinski definition) is 7. The Labute approximate surface area is 250 Å². The Kier molecular flexibility index (Phi) is 10.8. The molecule has 0 aliphatic carbocycles. The predicted octanol–water partition coefficient (Wildman–Crippen LogP) is 4.38. The Balaban J connectivity index is 1.54. The van der Waals surface area contributed by atoms with E-state index in [1.54, 1.807) is 20.8 Å². The number of hydrogen-bond donors (Lipinski definition) is 2. The molecule has 2 N–H and O–H groups in total. The van der Waals surface area contributed by atoms with Crippen LogP contribution >= 0.6 is 0 Å². The van der Waals surface area contributed by atoms with Crippen LogP contribution in [0.5, 0.6) is 0 Å². The molecule has 0 aromatic heterocycles. The summed E-state index contributed by atoms with van der Waals surface area (Å²) in [4.78, 5) is 58.8. The van der Waals surface area contributed by atoms with Gasteiger partial charge in [-0.15, -0.1) is 0 Å². The van der Waals surface area contributed by atoms with Crippen molar-refractivity contribution in [2.75, 3.05) is 19.6 Å². The Morgan fingerprint density at radius 2 is 1.69 bits per heavy atom. The first-order valence-electron chi connectivity index (χ1n) is 14.7. The minimum atomic E-state index is -2.27. The first kappa shape index (κ1) is 33.5. The molecule has 4 amide bonds. The quantitative estimate of drug-likeness (QED) is 0.339. The zero-order valence-corrected chi connectivity index (χ0v) is 27.3. The van der Waals surface area contributed by atoms with E-state index in [1.165, 1.54) is 9.96 Å². The topological polar surface area (TPSA) is 127 Å². The number of rotatable bonds is 12. The largest absolute Gasteiger partial charge is 0.444 e. The van der Waals surface area contributed by atoms with E-state index < -0.39 is 32.2 Å². The maximum atomic E-state index is 13.1. The number of fused-ring (bicyclic) bond motifs is 2. The summed E-state index contributed by atoms with van der Waals surface area (Å²) >= 11 is 0. The smallest absolute Gasteiger partial charge is 0.407 e. The molecule has 2 heterocycles. The molecule has 2 bridgehead atoms. The van der Waals surface area contributed by atoms with Gasteiger partial charge in [0.15, 0.2) is 14.1 Å². The molecule has 3 rings (SSSR count). The number of amides is 4. The van der Waals surface area contributed by atoms with Crippen molar-refractivity contribution in [3.63, 3.8) is 0 Å². The summed E-state index contributed by atoms with van der Waals surface area (Å²) in [6.07, 6.45) is -0.0344. The van der Waals surface area contributed by atoms with Gasteiger partial charge in [-0.05, 0) is 57.3 Å². The Hall–Kier alpha value is -2.96. The van der Waals surface area contributed by atoms with Crippen LogP contribution in [0.25, 0.3) is 0 Å². The first-order valence-corrected chi connectivity index (χ1v) is 17.6. The minimum absolute atomic E-state index is 0.0130. The van der Waals surface area contributed by atoms with Crippen LogP contribution in [0.3, 0.4) is 0 Å². The Morgan fingerprint density at radius 3 is 2.31 bits per heavy atom. The number of carbonyl (C=O) groups is 4. The van der Waals surface area contributed by atoms with Crippen molar-refractivity contribution in [3.05, 3.63) is 35.9 Å². The first-order chi connectivity index (χ1) is 19.5. The number of ether oxygens (including phenoxy) is 1. The molecule has 2 aliphatic heterocycles. The number of alkyl carbamates (subject to hydrolysis) is 1. The molecule has 1 aromatic rings. The molecule has 42 heavy (non-hydrogen) atoms. The van der Waals surface area contributed by atoms with E-state index in [1.807, 2.05) is 30.3 Å². The third kappa shape index (κ3) is 9.27. The molecular weight excluding hydrogens is 556 g/mol. The third-order valence-electron chi connectivity index (χ3n) is 7.89. The fourth-order valence-electron chi connectivity index (χ4n) is 4.68. The van der Waals surface area contributed by atoms with Crippen molar-refractivity contribution >= 4 is 32.1 Å². The molecule has 2 fully saturated rings. The number of nitrogens with zero attached hydrogens (tertiary/aromatic N) is 2. The number of piperidine rings is 1. The highest BCUT2D eigenvalue weighted by atomic mass is 28.4. The van der Waals surface area contributed by atoms with Gasteiger partial charge in [-0.2, -0.15) is 5.06 Å². The van der Waals surface area contributed by atoms with Gasteiger partial charge < -0.3 is 24.7 Å². The predicted molar refractivity (Wildman–Crippen MR) is 161 cm³/mol. The molecule has 2 saturated heterocycles. The SMILES string of the molecule is CC(C)(C)OC(=O)NCC(CC(=O)CNC(=O)[C@@H]1CC[C@@H]2CN1C(=O)N2OCc1ccccc1)O[Si](C)(C)C(C)(C)C. The molecular formula is C30H48N4O7Si. The monoisotopic (exact) mass is 604 g/mol. The Bertz CT molecular complexity index is 1120. The number of hydroxylamine groups is 2. The van der Waals surface area contributed by atoms with Crippen LogP contribution in [0.2, 0.25) is 18.1 Å². The van der Waals surface area contributed by atoms with Crippen molar-refractivity contribution < 1.29 is 33.2 Å². The van der Waals surface area contributed by atoms with Crippen LogP contribution in [0, 0.1) is 0 Å². The van der Waals surface area contributed by atoms with Crippen LogP contribution < -0.4 is 10.6 Å². The average Bonchev–Trinajstić information content (AvgIpc) is 3.12. The molecule has 3 atom stereocenters. The maximum absolute atomic E-state index is 13.1. The van der Waals surface area contributed by atoms with E-state index in [2.05, 4.69) is 44.5 Å². The van der Waals surface area contributed by atoms with Crippen molar-refractivity contribution in [2.45, 2.75) is 109 Å². The van der Waals surface area contributed by atoms with Gasteiger partial charge in [0.1, 0.15) is 18.2 Å². The molecule has 2 aliphatic rings. The Morgan fingerprint density at radius 1 is 1.02 bits per heavy atom. The summed E-state index contributed by atoms with van der Waals surface area (Å²) in [5.74, 6) is -0.596. The van der Waals surface area contributed by atoms with Crippen LogP contribution in [0.1, 0.15) is 66.4 Å². The van der Waals surface area contributed by atoms with Gasteiger partial charge in [0.05, 0.1) is 18.7 Å². The molecule has 11 nitrogen and oxygen atoms in total. The summed E-state index contributed by atoms with van der Waals surface area (Å²) < 4.78 is 11.8. The van der Waals surface area contributed by atoms with Crippen LogP contribution in [-0.2, 0) is 30.2 Å². The molecule has 1 unspecified atom stereocenters. The highest BCUT2D eigenvalue weighted by Crippen LogP contribution is 2.37. The maximum Gasteiger partial charge on any atom is 0.407 e. The van der Waals surface area contributed by atoms with E-state index >= 15 is 0 Å². The van der Waals surface area contributed by atoms with Crippen LogP contribution in [-0.4, -0.2) is 85.5 Å². The lowest BCUT2D eigenvalue weighted by Crippen LogP contribution is -2.51. The molecule has 0 spiro atoms. The van der Waals surface area contributed by atoms with Crippen molar-refractivity contribution in [1.29, 1.82) is 0 Å². The third-order valence-corrected chi connectivity index (χ3v) is 12.4. The summed E-state index contributed by atoms with van der Waals surface area (Å²) in [6, 6.07) is 8.47. The molecule has 0 radical (unpaired) electrons. The van der Waals surface area contributed by atoms with E-state index in [0.29, 0.717) is 19.4 Å². The second kappa shape index (κ2) is 13.6. The van der Waals surface area contributed by atoms with Gasteiger partial charge in [-0.25, -0.2) is 9.59 Å². The number of urea groups is 1. The van der Waals surface area contributed by atoms with E-state index in [9.17, 15) is 19.2 Å². The molecule has 1 aromatic carbocycles. The van der Waals surface area contributed by atoms with Crippen LogP contribution in [0.15, 0.2) is 30.3 Å². The van der Waals surface area contributed by atoms with Gasteiger partial charge in [-0.1, -0.05) is 51.1 Å². The summed E-state index contributed by atoms with van der Waals surface area (Å²) in [7, 11) is -2.27. The lowest BCUT2D eigenvalue weighted by Gasteiger charge is -2.39. The summed E-state index contributed by atoms with van der Waals surface area (Å²) in [5, 5.41) is 6.72. The highest BCUT2D eigenvalue weighted by molar-refractivity contribution is 6.74. The van der Waals surface area contributed by atoms with Gasteiger partial charge in [0.25, 0.3) is 0 Å². The highest BCUT2D eigenvalue weighted by Gasteiger charge is 2.48. The number of Topliss-reactive ketones (excluding diaryl/α,β-unsaturated/α-hetero) is 1. The minimum Gasteiger partial charge on any atom is -0.444 e. The zero-order valence-electron chi connectivity index (χ0n) is 26.3. The van der Waals surface area contributed by atoms with E-state index in [-0.39, 0.29) is 54.9 Å². The normalized spacial score (nSPS) is 19.9. The molecule has 234 valence electrons. The zero-order chi connectivity index (χ0) is 31.3. The second-order valence-electron chi connectivity index (χ2n) is 13.6. The van der Waals surface area contributed by atoms with E-state index in [0.717, 1.165) is 5.56 Å². The lowest BCUT2D eigenvalue weighted by molar-refractivity contribution is -0.140. The number of carbonyl (C=O) groups excluding carboxylic acids is 4. The van der Waals surface area contributed by atoms with Gasteiger partial charge in [0, 0.05) is 19.5 Å². The lowest BCUT2D eigenvalue weighted by atomic mass is 10.0. The number of benzene rings is 1. The van der Waals surface area contributed by atoms with Crippen molar-refractivity contribution in [3.8, 4) is 0 Å². The molecule has 0 saturated carbocycles. The van der Waals surface area contributed by atoms with Crippen molar-refractivity contribution in [1.82, 2.24) is 20.6 Å². The van der Waals surface area contributed by atoms with E-state index in [4.69, 9.17) is 14.0 Å². The van der Waals surface area contributed by atoms with Gasteiger partial charge in [-0.3, -0.25) is 14.4 Å². The molecule has 12 heteroatoms. The summed E-state index contributed by atoms with van der Waals surface area (Å²) in [6.45, 7) is 16.4. The fraction of sp³-hybridized carbons (Fsp3) is 0.667. The number of ketones is 1. The fourth-order valence-corrected chi connectivity index (χ4v) is 6.03. The number of nitrogens with one attached hydrogen (secondary N) is 2.